The van der Waals surface area contributed by atoms with Gasteiger partial charge >= 0.3 is 0 Å². The Morgan fingerprint density at radius 3 is 2.77 bits per heavy atom. The highest BCUT2D eigenvalue weighted by molar-refractivity contribution is 5.44. The van der Waals surface area contributed by atoms with Crippen molar-refractivity contribution in [1.29, 1.82) is 5.26 Å². The number of nitriles is 1. The Kier molecular flexibility index (Phi) is 4.60. The molecular formula is C25H26F2N2O2. The highest BCUT2D eigenvalue weighted by atomic mass is 19.1. The van der Waals surface area contributed by atoms with Gasteiger partial charge in [0.2, 0.25) is 6.20 Å². The van der Waals surface area contributed by atoms with Crippen LogP contribution in [-0.4, -0.2) is 10.7 Å². The van der Waals surface area contributed by atoms with Gasteiger partial charge in [0.1, 0.15) is 11.9 Å². The molecule has 0 aliphatic heterocycles. The highest BCUT2D eigenvalue weighted by Gasteiger charge is 2.61. The van der Waals surface area contributed by atoms with Crippen LogP contribution in [0.4, 0.5) is 8.78 Å². The monoisotopic (exact) mass is 424 g/mol. The molecule has 1 aromatic carbocycles. The van der Waals surface area contributed by atoms with Gasteiger partial charge in [-0.1, -0.05) is 13.0 Å². The largest absolute Gasteiger partial charge is 0.619 e. The first kappa shape index (κ1) is 20.4. The quantitative estimate of drug-likeness (QED) is 0.577. The topological polar surface area (TPSA) is 71.0 Å². The fourth-order valence-electron chi connectivity index (χ4n) is 7.05. The molecule has 0 spiro atoms. The summed E-state index contributed by atoms with van der Waals surface area (Å²) in [5, 5.41) is 32.2. The van der Waals surface area contributed by atoms with E-state index < -0.39 is 11.4 Å². The van der Waals surface area contributed by atoms with Crippen molar-refractivity contribution in [3.8, 4) is 6.07 Å². The van der Waals surface area contributed by atoms with Crippen molar-refractivity contribution < 1.29 is 18.6 Å². The molecule has 2 saturated carbocycles. The minimum absolute atomic E-state index is 0.109. The van der Waals surface area contributed by atoms with Gasteiger partial charge in [0.15, 0.2) is 12.0 Å². The van der Waals surface area contributed by atoms with Crippen LogP contribution in [0.2, 0.25) is 0 Å². The number of benzene rings is 1. The summed E-state index contributed by atoms with van der Waals surface area (Å²) < 4.78 is 29.6. The number of nitrogens with zero attached hydrogens (tertiary/aromatic N) is 2. The van der Waals surface area contributed by atoms with Gasteiger partial charge in [-0.3, -0.25) is 0 Å². The number of fused-ring (bicyclic) bond motifs is 5. The summed E-state index contributed by atoms with van der Waals surface area (Å²) >= 11 is 0. The van der Waals surface area contributed by atoms with Crippen LogP contribution in [0.15, 0.2) is 30.6 Å². The van der Waals surface area contributed by atoms with E-state index >= 15 is 0 Å². The maximum atomic E-state index is 14.8. The predicted molar refractivity (Wildman–Crippen MR) is 110 cm³/mol. The third kappa shape index (κ3) is 2.90. The lowest BCUT2D eigenvalue weighted by atomic mass is 9.52. The number of aliphatic hydroxyl groups is 1. The predicted octanol–water partition coefficient (Wildman–Crippen LogP) is 4.30. The second kappa shape index (κ2) is 7.00. The van der Waals surface area contributed by atoms with Gasteiger partial charge < -0.3 is 10.3 Å². The normalized spacial score (nSPS) is 33.8. The summed E-state index contributed by atoms with van der Waals surface area (Å²) in [6, 6.07) is 6.93. The minimum atomic E-state index is -1.03. The Bertz CT molecular complexity index is 1100. The van der Waals surface area contributed by atoms with E-state index in [1.165, 1.54) is 12.3 Å². The lowest BCUT2D eigenvalue weighted by molar-refractivity contribution is -0.607. The average Bonchev–Trinajstić information content (AvgIpc) is 3.01. The van der Waals surface area contributed by atoms with Crippen molar-refractivity contribution in [3.63, 3.8) is 0 Å². The summed E-state index contributed by atoms with van der Waals surface area (Å²) in [5.41, 5.74) is 0.811. The number of halogens is 2. The molecule has 1 aromatic heterocycles. The summed E-state index contributed by atoms with van der Waals surface area (Å²) in [6.45, 7) is 2.13. The highest BCUT2D eigenvalue weighted by Crippen LogP contribution is 2.65. The van der Waals surface area contributed by atoms with E-state index in [0.29, 0.717) is 34.6 Å². The fourth-order valence-corrected chi connectivity index (χ4v) is 7.05. The first-order valence-corrected chi connectivity index (χ1v) is 11.1. The molecule has 1 N–H and O–H groups in total. The minimum Gasteiger partial charge on any atom is -0.619 e. The Hall–Kier alpha value is -2.52. The summed E-state index contributed by atoms with van der Waals surface area (Å²) in [6.07, 6.45) is 6.91. The first-order valence-electron chi connectivity index (χ1n) is 11.1. The van der Waals surface area contributed by atoms with Crippen LogP contribution in [0.25, 0.3) is 0 Å². The molecule has 31 heavy (non-hydrogen) atoms. The van der Waals surface area contributed by atoms with E-state index in [0.717, 1.165) is 37.4 Å². The van der Waals surface area contributed by atoms with E-state index in [1.54, 1.807) is 6.07 Å². The Morgan fingerprint density at radius 2 is 2.03 bits per heavy atom. The Morgan fingerprint density at radius 1 is 1.23 bits per heavy atom. The summed E-state index contributed by atoms with van der Waals surface area (Å²) in [7, 11) is 0. The number of hydrogen-bond acceptors (Lipinski definition) is 3. The number of pyridine rings is 1. The molecule has 0 bridgehead atoms. The Labute approximate surface area is 180 Å². The molecule has 0 radical (unpaired) electrons. The molecule has 4 nitrogen and oxygen atoms in total. The van der Waals surface area contributed by atoms with Crippen LogP contribution in [0.3, 0.4) is 0 Å². The smallest absolute Gasteiger partial charge is 0.216 e. The summed E-state index contributed by atoms with van der Waals surface area (Å²) in [4.78, 5) is 0. The van der Waals surface area contributed by atoms with E-state index in [4.69, 9.17) is 5.26 Å². The van der Waals surface area contributed by atoms with Crippen LogP contribution in [0.5, 0.6) is 0 Å². The SMILES string of the molecule is C[C@]12CCC3c4ccc(C#N)c(F)c4CCC3C1CC[C@@]2(O)Cc1cc[n+]([O-])cc1F. The van der Waals surface area contributed by atoms with Crippen molar-refractivity contribution in [2.75, 3.05) is 0 Å². The van der Waals surface area contributed by atoms with Crippen LogP contribution >= 0.6 is 0 Å². The lowest BCUT2D eigenvalue weighted by Gasteiger charge is -2.53. The summed E-state index contributed by atoms with van der Waals surface area (Å²) in [5.74, 6) is -0.0949. The second-order valence-electron chi connectivity index (χ2n) is 9.90. The maximum Gasteiger partial charge on any atom is 0.216 e. The number of hydrogen-bond donors (Lipinski definition) is 1. The molecule has 1 heterocycles. The fraction of sp³-hybridized carbons (Fsp3) is 0.520. The van der Waals surface area contributed by atoms with E-state index in [-0.39, 0.29) is 35.1 Å². The molecule has 3 unspecified atom stereocenters. The molecular weight excluding hydrogens is 398 g/mol. The zero-order valence-electron chi connectivity index (χ0n) is 17.6. The van der Waals surface area contributed by atoms with Crippen molar-refractivity contribution in [2.24, 2.45) is 17.3 Å². The van der Waals surface area contributed by atoms with Crippen LogP contribution in [-0.2, 0) is 12.8 Å². The first-order chi connectivity index (χ1) is 14.8. The van der Waals surface area contributed by atoms with E-state index in [9.17, 15) is 19.1 Å². The van der Waals surface area contributed by atoms with Crippen molar-refractivity contribution in [3.05, 3.63) is 69.7 Å². The van der Waals surface area contributed by atoms with Crippen LogP contribution < -0.4 is 4.73 Å². The lowest BCUT2D eigenvalue weighted by Crippen LogP contribution is -2.52. The van der Waals surface area contributed by atoms with E-state index in [1.807, 2.05) is 12.1 Å². The van der Waals surface area contributed by atoms with E-state index in [2.05, 4.69) is 6.92 Å². The van der Waals surface area contributed by atoms with Gasteiger partial charge in [-0.15, -0.1) is 0 Å². The zero-order chi connectivity index (χ0) is 22.0. The number of aromatic nitrogens is 1. The average molecular weight is 424 g/mol. The van der Waals surface area contributed by atoms with Crippen molar-refractivity contribution in [2.45, 2.75) is 63.4 Å². The molecule has 6 heteroatoms. The molecule has 5 atom stereocenters. The van der Waals surface area contributed by atoms with Gasteiger partial charge in [-0.05, 0) is 78.9 Å². The van der Waals surface area contributed by atoms with Crippen LogP contribution in [0.1, 0.15) is 67.2 Å². The van der Waals surface area contributed by atoms with Crippen molar-refractivity contribution in [1.82, 2.24) is 0 Å². The van der Waals surface area contributed by atoms with Gasteiger partial charge in [0.05, 0.1) is 11.2 Å². The second-order valence-corrected chi connectivity index (χ2v) is 9.90. The third-order valence-electron chi connectivity index (χ3n) is 8.74. The molecule has 5 rings (SSSR count). The van der Waals surface area contributed by atoms with Gasteiger partial charge in [-0.2, -0.15) is 9.99 Å². The molecule has 2 fully saturated rings. The third-order valence-corrected chi connectivity index (χ3v) is 8.74. The molecule has 0 saturated heterocycles. The molecule has 0 amide bonds. The Balaban J connectivity index is 1.46. The zero-order valence-corrected chi connectivity index (χ0v) is 17.6. The standard InChI is InChI=1S/C25H26F2N2O2/c1-24-9-6-18-17-3-2-16(13-28)23(27)20(17)5-4-19(18)21(24)7-10-25(24,30)12-15-8-11-29(31)14-22(15)26/h2-3,8,11,14,18-19,21,30H,4-7,9-10,12H2,1H3/t18?,19?,21?,24-,25+/m0/s1. The van der Waals surface area contributed by atoms with Gasteiger partial charge in [-0.25, -0.2) is 8.78 Å². The number of rotatable bonds is 2. The van der Waals surface area contributed by atoms with Crippen molar-refractivity contribution >= 4 is 0 Å². The maximum absolute atomic E-state index is 14.8. The van der Waals surface area contributed by atoms with Gasteiger partial charge in [0.25, 0.3) is 0 Å². The molecule has 3 aliphatic rings. The molecule has 162 valence electrons. The van der Waals surface area contributed by atoms with Crippen LogP contribution in [0, 0.1) is 45.4 Å². The van der Waals surface area contributed by atoms with Gasteiger partial charge in [0, 0.05) is 18.1 Å². The molecule has 3 aliphatic carbocycles. The molecule has 2 aromatic rings.